The summed E-state index contributed by atoms with van der Waals surface area (Å²) >= 11 is 6.08. The molecule has 0 unspecified atom stereocenters. The average molecular weight is 459 g/mol. The van der Waals surface area contributed by atoms with E-state index in [9.17, 15) is 13.2 Å². The Hall–Kier alpha value is -2.77. The highest BCUT2D eigenvalue weighted by molar-refractivity contribution is 7.90. The summed E-state index contributed by atoms with van der Waals surface area (Å²) in [6.07, 6.45) is 5.13. The summed E-state index contributed by atoms with van der Waals surface area (Å²) in [6, 6.07) is 12.9. The maximum absolute atomic E-state index is 13.2. The Bertz CT molecular complexity index is 1280. The van der Waals surface area contributed by atoms with Gasteiger partial charge in [0.1, 0.15) is 0 Å². The van der Waals surface area contributed by atoms with Gasteiger partial charge in [-0.3, -0.25) is 4.79 Å². The Balaban J connectivity index is 1.61. The second kappa shape index (κ2) is 8.77. The van der Waals surface area contributed by atoms with Crippen LogP contribution in [-0.2, 0) is 27.7 Å². The lowest BCUT2D eigenvalue weighted by atomic mass is 10.1. The van der Waals surface area contributed by atoms with Gasteiger partial charge >= 0.3 is 5.97 Å². The van der Waals surface area contributed by atoms with Crippen LogP contribution in [0.1, 0.15) is 29.7 Å². The van der Waals surface area contributed by atoms with Gasteiger partial charge in [0.15, 0.2) is 0 Å². The molecule has 0 amide bonds. The fourth-order valence-electron chi connectivity index (χ4n) is 3.95. The molecule has 2 N–H and O–H groups in total. The summed E-state index contributed by atoms with van der Waals surface area (Å²) in [6.45, 7) is 0.923. The van der Waals surface area contributed by atoms with Gasteiger partial charge in [-0.2, -0.15) is 0 Å². The molecule has 8 heteroatoms. The largest absolute Gasteiger partial charge is 0.481 e. The lowest BCUT2D eigenvalue weighted by molar-refractivity contribution is -0.137. The van der Waals surface area contributed by atoms with E-state index in [0.717, 1.165) is 29.6 Å². The number of carbonyl (C=O) groups is 1. The molecule has 0 saturated heterocycles. The van der Waals surface area contributed by atoms with Crippen LogP contribution in [0.3, 0.4) is 0 Å². The van der Waals surface area contributed by atoms with Gasteiger partial charge in [-0.05, 0) is 66.8 Å². The van der Waals surface area contributed by atoms with Crippen LogP contribution in [0.15, 0.2) is 48.5 Å². The topological polar surface area (TPSA) is 88.4 Å². The normalized spacial score (nSPS) is 13.6. The predicted molar refractivity (Wildman–Crippen MR) is 124 cm³/mol. The highest BCUT2D eigenvalue weighted by atomic mass is 35.5. The molecule has 1 aromatic heterocycles. The predicted octanol–water partition coefficient (Wildman–Crippen LogP) is 4.56. The maximum atomic E-state index is 13.2. The summed E-state index contributed by atoms with van der Waals surface area (Å²) in [5.41, 5.74) is 4.44. The second-order valence-electron chi connectivity index (χ2n) is 7.62. The molecule has 2 aromatic carbocycles. The van der Waals surface area contributed by atoms with Crippen LogP contribution in [-0.4, -0.2) is 35.8 Å². The molecule has 1 aliphatic heterocycles. The van der Waals surface area contributed by atoms with Gasteiger partial charge in [0, 0.05) is 34.8 Å². The summed E-state index contributed by atoms with van der Waals surface area (Å²) in [5.74, 6) is -1.07. The van der Waals surface area contributed by atoms with E-state index in [4.69, 9.17) is 16.7 Å². The van der Waals surface area contributed by atoms with E-state index >= 15 is 0 Å². The average Bonchev–Trinajstić information content (AvgIpc) is 3.31. The van der Waals surface area contributed by atoms with E-state index in [1.807, 2.05) is 18.2 Å². The molecule has 162 valence electrons. The van der Waals surface area contributed by atoms with Crippen LogP contribution >= 0.6 is 11.6 Å². The van der Waals surface area contributed by atoms with Gasteiger partial charge < -0.3 is 10.4 Å². The third-order valence-corrected chi connectivity index (χ3v) is 7.19. The molecule has 1 aliphatic rings. The van der Waals surface area contributed by atoms with Gasteiger partial charge in [-0.15, -0.1) is 0 Å². The van der Waals surface area contributed by atoms with Gasteiger partial charge in [-0.25, -0.2) is 12.4 Å². The number of aryl methyl sites for hydroxylation is 1. The van der Waals surface area contributed by atoms with E-state index in [0.29, 0.717) is 29.1 Å². The van der Waals surface area contributed by atoms with E-state index in [1.165, 1.54) is 9.54 Å². The zero-order chi connectivity index (χ0) is 22.0. The van der Waals surface area contributed by atoms with Crippen LogP contribution < -0.4 is 5.32 Å². The molecule has 0 bridgehead atoms. The molecule has 0 aliphatic carbocycles. The number of rotatable bonds is 8. The Kier molecular flexibility index (Phi) is 6.07. The Morgan fingerprint density at radius 3 is 2.84 bits per heavy atom. The van der Waals surface area contributed by atoms with Crippen molar-refractivity contribution < 1.29 is 18.3 Å². The first kappa shape index (κ1) is 21.5. The van der Waals surface area contributed by atoms with Gasteiger partial charge in [0.05, 0.1) is 11.3 Å². The minimum absolute atomic E-state index is 0.0184. The van der Waals surface area contributed by atoms with Crippen molar-refractivity contribution in [2.24, 2.45) is 0 Å². The highest BCUT2D eigenvalue weighted by Crippen LogP contribution is 2.27. The molecule has 6 nitrogen and oxygen atoms in total. The zero-order valence-corrected chi connectivity index (χ0v) is 18.4. The molecule has 31 heavy (non-hydrogen) atoms. The van der Waals surface area contributed by atoms with Gasteiger partial charge in [0.2, 0.25) is 10.0 Å². The summed E-state index contributed by atoms with van der Waals surface area (Å²) in [7, 11) is -3.69. The van der Waals surface area contributed by atoms with Crippen LogP contribution in [0.5, 0.6) is 0 Å². The molecule has 0 atom stereocenters. The molecular formula is C23H23ClN2O4S. The van der Waals surface area contributed by atoms with Crippen molar-refractivity contribution in [2.75, 3.05) is 17.6 Å². The Morgan fingerprint density at radius 2 is 2.03 bits per heavy atom. The first-order valence-electron chi connectivity index (χ1n) is 10.1. The third kappa shape index (κ3) is 4.78. The lowest BCUT2D eigenvalue weighted by Crippen LogP contribution is -2.18. The van der Waals surface area contributed by atoms with Crippen molar-refractivity contribution in [1.82, 2.24) is 3.97 Å². The van der Waals surface area contributed by atoms with Crippen molar-refractivity contribution in [2.45, 2.75) is 25.7 Å². The van der Waals surface area contributed by atoms with E-state index in [-0.39, 0.29) is 12.2 Å². The number of carboxylic acids is 1. The van der Waals surface area contributed by atoms with Crippen molar-refractivity contribution >= 4 is 50.3 Å². The highest BCUT2D eigenvalue weighted by Gasteiger charge is 2.20. The molecule has 0 saturated carbocycles. The van der Waals surface area contributed by atoms with Crippen LogP contribution in [0.4, 0.5) is 5.69 Å². The molecular weight excluding hydrogens is 436 g/mol. The smallest absolute Gasteiger partial charge is 0.303 e. The van der Waals surface area contributed by atoms with E-state index < -0.39 is 16.0 Å². The Labute approximate surface area is 186 Å². The first-order valence-corrected chi connectivity index (χ1v) is 12.1. The minimum Gasteiger partial charge on any atom is -0.481 e. The number of fused-ring (bicyclic) bond motifs is 2. The fraction of sp³-hybridized carbons (Fsp3) is 0.261. The summed E-state index contributed by atoms with van der Waals surface area (Å²) < 4.78 is 27.8. The Morgan fingerprint density at radius 1 is 1.19 bits per heavy atom. The number of nitrogens with one attached hydrogen (secondary N) is 1. The van der Waals surface area contributed by atoms with Crippen LogP contribution in [0.2, 0.25) is 5.02 Å². The van der Waals surface area contributed by atoms with Crippen molar-refractivity contribution in [3.63, 3.8) is 0 Å². The van der Waals surface area contributed by atoms with Crippen molar-refractivity contribution in [3.8, 4) is 0 Å². The summed E-state index contributed by atoms with van der Waals surface area (Å²) in [5, 5.41) is 13.5. The standard InChI is InChI=1S/C23H23ClN2O4S/c24-19-7-9-22-18(14-19)15-20(4-1-5-23(27)28)26(22)31(29,30)12-2-3-16-6-8-21-17(13-16)10-11-25-21/h2-3,6-9,13-15,25H,1,4-5,10-12H2,(H,27,28). The van der Waals surface area contributed by atoms with Crippen LogP contribution in [0, 0.1) is 0 Å². The number of hydrogen-bond donors (Lipinski definition) is 2. The SMILES string of the molecule is O=C(O)CCCc1cc2cc(Cl)ccc2n1S(=O)(=O)CC=Cc1ccc2c(c1)CCN2. The number of halogens is 1. The first-order chi connectivity index (χ1) is 14.8. The van der Waals surface area contributed by atoms with Gasteiger partial charge in [0.25, 0.3) is 0 Å². The molecule has 4 rings (SSSR count). The number of carboxylic acid groups (broad SMARTS) is 1. The monoisotopic (exact) mass is 458 g/mol. The molecule has 3 aromatic rings. The van der Waals surface area contributed by atoms with Crippen LogP contribution in [0.25, 0.3) is 17.0 Å². The zero-order valence-electron chi connectivity index (χ0n) is 16.8. The molecule has 2 heterocycles. The van der Waals surface area contributed by atoms with Crippen molar-refractivity contribution in [1.29, 1.82) is 0 Å². The molecule has 0 fully saturated rings. The number of aliphatic carboxylic acids is 1. The number of hydrogen-bond acceptors (Lipinski definition) is 4. The van der Waals surface area contributed by atoms with Crippen molar-refractivity contribution in [3.05, 3.63) is 70.4 Å². The molecule has 0 radical (unpaired) electrons. The quantitative estimate of drug-likeness (QED) is 0.516. The lowest BCUT2D eigenvalue weighted by Gasteiger charge is -2.10. The van der Waals surface area contributed by atoms with Gasteiger partial charge in [-0.1, -0.05) is 29.8 Å². The third-order valence-electron chi connectivity index (χ3n) is 5.35. The van der Waals surface area contributed by atoms with E-state index in [1.54, 1.807) is 30.3 Å². The number of benzene rings is 2. The fourth-order valence-corrected chi connectivity index (χ4v) is 5.59. The van der Waals surface area contributed by atoms with E-state index in [2.05, 4.69) is 11.4 Å². The minimum atomic E-state index is -3.69. The molecule has 0 spiro atoms. The maximum Gasteiger partial charge on any atom is 0.303 e. The summed E-state index contributed by atoms with van der Waals surface area (Å²) in [4.78, 5) is 10.9. The number of nitrogens with zero attached hydrogens (tertiary/aromatic N) is 1. The second-order valence-corrected chi connectivity index (χ2v) is 9.92. The number of aromatic nitrogens is 1. The number of anilines is 1.